The Kier molecular flexibility index (Phi) is 21.7. The Morgan fingerprint density at radius 2 is 1.23 bits per heavy atom. The molecule has 2 heterocycles. The Bertz CT molecular complexity index is 1740. The first-order chi connectivity index (χ1) is 24.7. The van der Waals surface area contributed by atoms with Crippen molar-refractivity contribution >= 4 is 25.6 Å². The molecule has 0 aliphatic heterocycles. The van der Waals surface area contributed by atoms with E-state index in [9.17, 15) is 16.8 Å². The van der Waals surface area contributed by atoms with Gasteiger partial charge in [0.25, 0.3) is 0 Å². The van der Waals surface area contributed by atoms with Gasteiger partial charge in [-0.2, -0.15) is 0 Å². The lowest BCUT2D eigenvalue weighted by molar-refractivity contribution is -0.000532. The standard InChI is InChI=1S/C32H46N4O10S2.2C2H6.2H2/c1-22-8-9-29(32-26(5)36-46-28(32)7)21-30(22)48(39,40)34-11-13-42-15-17-44-19-18-43-16-14-41-12-10-33-47(37,38)24(3)20-23(2)31-25(4)35-45-27(31)6;2*1-2;;/h8-9,20-21,33-34H,2,10-19H2,1,3-7H3;2*1-2H3;2*1H/b24-20+;;;;. The Labute approximate surface area is 313 Å². The highest BCUT2D eigenvalue weighted by molar-refractivity contribution is 7.93. The summed E-state index contributed by atoms with van der Waals surface area (Å²) in [6.07, 6.45) is 1.48. The first-order valence-electron chi connectivity index (χ1n) is 17.4. The van der Waals surface area contributed by atoms with Crippen LogP contribution in [0.25, 0.3) is 16.7 Å². The van der Waals surface area contributed by atoms with Crippen LogP contribution in [0, 0.1) is 34.6 Å². The Hall–Kier alpha value is -3.22. The van der Waals surface area contributed by atoms with Crippen LogP contribution in [-0.4, -0.2) is 93.1 Å². The summed E-state index contributed by atoms with van der Waals surface area (Å²) in [4.78, 5) is 0.308. The largest absolute Gasteiger partial charge is 0.378 e. The minimum Gasteiger partial charge on any atom is -0.378 e. The molecule has 0 aliphatic carbocycles. The summed E-state index contributed by atoms with van der Waals surface area (Å²) in [5.74, 6) is 1.20. The highest BCUT2D eigenvalue weighted by atomic mass is 32.2. The highest BCUT2D eigenvalue weighted by Crippen LogP contribution is 2.30. The van der Waals surface area contributed by atoms with Crippen LogP contribution < -0.4 is 9.44 Å². The van der Waals surface area contributed by atoms with Crippen LogP contribution in [-0.2, 0) is 39.0 Å². The third-order valence-corrected chi connectivity index (χ3v) is 10.3. The van der Waals surface area contributed by atoms with Crippen molar-refractivity contribution in [2.45, 2.75) is 74.1 Å². The molecule has 16 heteroatoms. The molecule has 0 saturated heterocycles. The van der Waals surface area contributed by atoms with E-state index in [-0.39, 0.29) is 39.0 Å². The lowest BCUT2D eigenvalue weighted by atomic mass is 10.0. The first-order valence-corrected chi connectivity index (χ1v) is 20.4. The van der Waals surface area contributed by atoms with Crippen molar-refractivity contribution in [1.29, 1.82) is 0 Å². The molecular weight excluding hydrogens is 713 g/mol. The molecule has 2 aromatic heterocycles. The summed E-state index contributed by atoms with van der Waals surface area (Å²) in [5.41, 5.74) is 4.66. The number of aromatic nitrogens is 2. The lowest BCUT2D eigenvalue weighted by Crippen LogP contribution is -2.28. The fourth-order valence-corrected chi connectivity index (χ4v) is 6.89. The minimum atomic E-state index is -3.75. The van der Waals surface area contributed by atoms with Crippen molar-refractivity contribution in [1.82, 2.24) is 19.8 Å². The van der Waals surface area contributed by atoms with Gasteiger partial charge in [0.15, 0.2) is 0 Å². The topological polar surface area (TPSA) is 181 Å². The van der Waals surface area contributed by atoms with Gasteiger partial charge in [-0.1, -0.05) is 56.7 Å². The van der Waals surface area contributed by atoms with E-state index in [2.05, 4.69) is 26.3 Å². The Morgan fingerprint density at radius 1 is 0.750 bits per heavy atom. The summed E-state index contributed by atoms with van der Waals surface area (Å²) < 4.78 is 88.1. The summed E-state index contributed by atoms with van der Waals surface area (Å²) in [7, 11) is -7.45. The summed E-state index contributed by atoms with van der Waals surface area (Å²) >= 11 is 0. The quantitative estimate of drug-likeness (QED) is 0.0861. The normalized spacial score (nSPS) is 11.8. The molecule has 0 aliphatic rings. The number of rotatable bonds is 22. The molecule has 0 amide bonds. The lowest BCUT2D eigenvalue weighted by Gasteiger charge is -2.12. The predicted molar refractivity (Wildman–Crippen MR) is 207 cm³/mol. The number of hydrogen-bond acceptors (Lipinski definition) is 12. The van der Waals surface area contributed by atoms with Crippen LogP contribution in [0.5, 0.6) is 0 Å². The molecule has 14 nitrogen and oxygen atoms in total. The zero-order valence-corrected chi connectivity index (χ0v) is 34.0. The van der Waals surface area contributed by atoms with Gasteiger partial charge < -0.3 is 28.0 Å². The zero-order chi connectivity index (χ0) is 39.3. The van der Waals surface area contributed by atoms with Crippen molar-refractivity contribution in [3.8, 4) is 11.1 Å². The number of aryl methyl sites for hydroxylation is 5. The average molecular weight is 775 g/mol. The maximum atomic E-state index is 12.9. The van der Waals surface area contributed by atoms with E-state index < -0.39 is 20.0 Å². The fraction of sp³-hybridized carbons (Fsp3) is 0.556. The van der Waals surface area contributed by atoms with Gasteiger partial charge in [0.1, 0.15) is 11.5 Å². The molecule has 0 unspecified atom stereocenters. The first kappa shape index (κ1) is 46.8. The van der Waals surface area contributed by atoms with Gasteiger partial charge in [0.2, 0.25) is 20.0 Å². The molecule has 3 aromatic rings. The summed E-state index contributed by atoms with van der Waals surface area (Å²) in [5, 5.41) is 7.82. The fourth-order valence-electron chi connectivity index (χ4n) is 4.73. The van der Waals surface area contributed by atoms with E-state index in [4.69, 9.17) is 28.0 Å². The van der Waals surface area contributed by atoms with E-state index in [0.717, 1.165) is 11.1 Å². The predicted octanol–water partition coefficient (Wildman–Crippen LogP) is 6.30. The second kappa shape index (κ2) is 24.2. The molecule has 52 heavy (non-hydrogen) atoms. The SMILES string of the molecule is C=C(/C=C(\C)S(=O)(=O)NCCOCCOCCOCCOCCNS(=O)(=O)c1cc(-c2c(C)noc2C)ccc1C)c1c(C)noc1C.CC.CC.[HH].[HH]. The maximum Gasteiger partial charge on any atom is 0.240 e. The van der Waals surface area contributed by atoms with Crippen LogP contribution in [0.1, 0.15) is 71.5 Å². The molecule has 0 fully saturated rings. The number of nitrogens with one attached hydrogen (secondary N) is 2. The molecule has 0 bridgehead atoms. The summed E-state index contributed by atoms with van der Waals surface area (Å²) in [6.45, 7) is 24.8. The number of ether oxygens (including phenoxy) is 4. The van der Waals surface area contributed by atoms with Gasteiger partial charge >= 0.3 is 0 Å². The number of allylic oxidation sites excluding steroid dienone is 3. The van der Waals surface area contributed by atoms with Crippen LogP contribution in [0.15, 0.2) is 49.7 Å². The zero-order valence-electron chi connectivity index (χ0n) is 32.4. The monoisotopic (exact) mass is 774 g/mol. The van der Waals surface area contributed by atoms with Crippen LogP contribution in [0.4, 0.5) is 0 Å². The van der Waals surface area contributed by atoms with Gasteiger partial charge in [0, 0.05) is 27.1 Å². The van der Waals surface area contributed by atoms with Gasteiger partial charge in [0.05, 0.1) is 74.0 Å². The Morgan fingerprint density at radius 3 is 1.71 bits per heavy atom. The van der Waals surface area contributed by atoms with E-state index >= 15 is 0 Å². The summed E-state index contributed by atoms with van der Waals surface area (Å²) in [6, 6.07) is 5.24. The van der Waals surface area contributed by atoms with E-state index in [1.807, 2.05) is 40.7 Å². The molecule has 298 valence electrons. The van der Waals surface area contributed by atoms with Crippen LogP contribution >= 0.6 is 0 Å². The minimum absolute atomic E-state index is 0. The van der Waals surface area contributed by atoms with Gasteiger partial charge in [-0.3, -0.25) is 0 Å². The second-order valence-corrected chi connectivity index (χ2v) is 14.6. The molecule has 0 atom stereocenters. The smallest absolute Gasteiger partial charge is 0.240 e. The van der Waals surface area contributed by atoms with Crippen molar-refractivity contribution < 1.29 is 47.7 Å². The molecule has 0 saturated carbocycles. The maximum absolute atomic E-state index is 12.9. The molecule has 1 aromatic carbocycles. The number of hydrogen-bond donors (Lipinski definition) is 2. The molecule has 2 N–H and O–H groups in total. The third kappa shape index (κ3) is 15.0. The van der Waals surface area contributed by atoms with E-state index in [1.54, 1.807) is 39.8 Å². The third-order valence-electron chi connectivity index (χ3n) is 7.15. The van der Waals surface area contributed by atoms with Crippen molar-refractivity contribution in [2.75, 3.05) is 65.9 Å². The van der Waals surface area contributed by atoms with E-state index in [1.165, 1.54) is 13.0 Å². The Balaban J connectivity index is 0. The highest BCUT2D eigenvalue weighted by Gasteiger charge is 2.20. The number of sulfonamides is 2. The van der Waals surface area contributed by atoms with Crippen molar-refractivity contribution in [2.24, 2.45) is 0 Å². The van der Waals surface area contributed by atoms with Crippen LogP contribution in [0.3, 0.4) is 0 Å². The molecule has 0 spiro atoms. The van der Waals surface area contributed by atoms with Gasteiger partial charge in [-0.05, 0) is 70.4 Å². The second-order valence-electron chi connectivity index (χ2n) is 10.9. The molecule has 0 radical (unpaired) electrons. The number of benzene rings is 1. The van der Waals surface area contributed by atoms with Crippen LogP contribution in [0.2, 0.25) is 0 Å². The van der Waals surface area contributed by atoms with Gasteiger partial charge in [-0.25, -0.2) is 26.3 Å². The van der Waals surface area contributed by atoms with E-state index in [0.29, 0.717) is 79.2 Å². The number of nitrogens with zero attached hydrogens (tertiary/aromatic N) is 2. The molecule has 3 rings (SSSR count). The van der Waals surface area contributed by atoms with Gasteiger partial charge in [-0.15, -0.1) is 0 Å². The van der Waals surface area contributed by atoms with Crippen molar-refractivity contribution in [3.05, 3.63) is 69.8 Å². The average Bonchev–Trinajstić information content (AvgIpc) is 3.64. The molecular formula is C36H62N4O10S2. The van der Waals surface area contributed by atoms with Crippen molar-refractivity contribution in [3.63, 3.8) is 0 Å².